The van der Waals surface area contributed by atoms with Gasteiger partial charge in [0.15, 0.2) is 0 Å². The fourth-order valence-corrected chi connectivity index (χ4v) is 2.79. The molecule has 1 aromatic heterocycles. The molecule has 0 unspecified atom stereocenters. The van der Waals surface area contributed by atoms with E-state index in [1.165, 1.54) is 8.99 Å². The van der Waals surface area contributed by atoms with Crippen molar-refractivity contribution in [2.24, 2.45) is 12.2 Å². The first-order valence-electron chi connectivity index (χ1n) is 5.87. The van der Waals surface area contributed by atoms with Crippen molar-refractivity contribution in [2.45, 2.75) is 6.92 Å². The number of nitrogens with zero attached hydrogens (tertiary/aromatic N) is 4. The third-order valence-electron chi connectivity index (χ3n) is 3.11. The van der Waals surface area contributed by atoms with Gasteiger partial charge in [-0.05, 0) is 13.0 Å². The Bertz CT molecular complexity index is 586. The van der Waals surface area contributed by atoms with E-state index in [9.17, 15) is 13.2 Å². The molecule has 1 amide bonds. The van der Waals surface area contributed by atoms with Crippen molar-refractivity contribution in [3.8, 4) is 0 Å². The first-order chi connectivity index (χ1) is 8.79. The normalized spacial score (nSPS) is 17.7. The second-order valence-corrected chi connectivity index (χ2v) is 6.08. The lowest BCUT2D eigenvalue weighted by molar-refractivity contribution is 0.0686. The molecule has 8 nitrogen and oxygen atoms in total. The fraction of sp³-hybridized carbons (Fsp3) is 0.600. The Balaban J connectivity index is 2.06. The van der Waals surface area contributed by atoms with Crippen molar-refractivity contribution in [2.75, 3.05) is 26.2 Å². The zero-order chi connectivity index (χ0) is 14.2. The van der Waals surface area contributed by atoms with Gasteiger partial charge in [0.05, 0.1) is 5.69 Å². The minimum atomic E-state index is -3.67. The summed E-state index contributed by atoms with van der Waals surface area (Å²) in [5.74, 6) is -0.142. The predicted molar refractivity (Wildman–Crippen MR) is 68.5 cm³/mol. The molecule has 19 heavy (non-hydrogen) atoms. The van der Waals surface area contributed by atoms with Gasteiger partial charge in [0.25, 0.3) is 16.1 Å². The molecule has 0 aliphatic carbocycles. The summed E-state index contributed by atoms with van der Waals surface area (Å²) >= 11 is 0. The molecule has 9 heteroatoms. The minimum absolute atomic E-state index is 0.142. The van der Waals surface area contributed by atoms with E-state index in [2.05, 4.69) is 5.10 Å². The molecule has 1 saturated heterocycles. The standard InChI is InChI=1S/C10H17N5O3S/c1-8-7-9(13(2)12-8)10(16)14-3-5-15(6-4-14)19(11,17)18/h7H,3-6H2,1-2H3,(H2,11,17,18). The van der Waals surface area contributed by atoms with Crippen molar-refractivity contribution in [1.29, 1.82) is 0 Å². The molecule has 1 aliphatic heterocycles. The van der Waals surface area contributed by atoms with Gasteiger partial charge in [-0.2, -0.15) is 17.8 Å². The molecule has 0 atom stereocenters. The van der Waals surface area contributed by atoms with Crippen LogP contribution in [0.1, 0.15) is 16.2 Å². The van der Waals surface area contributed by atoms with Crippen LogP contribution in [0.25, 0.3) is 0 Å². The number of piperazine rings is 1. The minimum Gasteiger partial charge on any atom is -0.335 e. The summed E-state index contributed by atoms with van der Waals surface area (Å²) in [6.07, 6.45) is 0. The maximum Gasteiger partial charge on any atom is 0.277 e. The van der Waals surface area contributed by atoms with E-state index in [0.29, 0.717) is 18.8 Å². The smallest absolute Gasteiger partial charge is 0.277 e. The topological polar surface area (TPSA) is 102 Å². The van der Waals surface area contributed by atoms with Crippen molar-refractivity contribution < 1.29 is 13.2 Å². The summed E-state index contributed by atoms with van der Waals surface area (Å²) in [7, 11) is -1.96. The highest BCUT2D eigenvalue weighted by Gasteiger charge is 2.28. The molecule has 0 saturated carbocycles. The number of carbonyl (C=O) groups excluding carboxylic acids is 1. The molecule has 1 aromatic rings. The number of amides is 1. The second-order valence-electron chi connectivity index (χ2n) is 4.53. The van der Waals surface area contributed by atoms with E-state index in [1.54, 1.807) is 18.0 Å². The van der Waals surface area contributed by atoms with E-state index in [0.717, 1.165) is 5.69 Å². The number of hydrogen-bond donors (Lipinski definition) is 1. The average Bonchev–Trinajstić information content (AvgIpc) is 2.66. The van der Waals surface area contributed by atoms with Gasteiger partial charge in [0, 0.05) is 33.2 Å². The fourth-order valence-electron chi connectivity index (χ4n) is 2.12. The molecule has 2 N–H and O–H groups in total. The molecule has 1 aliphatic rings. The maximum absolute atomic E-state index is 12.3. The highest BCUT2D eigenvalue weighted by atomic mass is 32.2. The van der Waals surface area contributed by atoms with Crippen LogP contribution in [0.5, 0.6) is 0 Å². The van der Waals surface area contributed by atoms with Crippen LogP contribution in [0.2, 0.25) is 0 Å². The first-order valence-corrected chi connectivity index (χ1v) is 7.37. The number of carbonyl (C=O) groups is 1. The Morgan fingerprint density at radius 1 is 1.32 bits per heavy atom. The highest BCUT2D eigenvalue weighted by molar-refractivity contribution is 7.86. The maximum atomic E-state index is 12.3. The Morgan fingerprint density at radius 2 is 1.89 bits per heavy atom. The molecule has 0 spiro atoms. The number of aryl methyl sites for hydroxylation is 2. The number of rotatable bonds is 2. The van der Waals surface area contributed by atoms with E-state index in [1.807, 2.05) is 6.92 Å². The lowest BCUT2D eigenvalue weighted by atomic mass is 10.3. The molecule has 2 rings (SSSR count). The van der Waals surface area contributed by atoms with Crippen LogP contribution in [-0.4, -0.2) is 59.5 Å². The quantitative estimate of drug-likeness (QED) is 0.729. The summed E-state index contributed by atoms with van der Waals surface area (Å²) in [4.78, 5) is 13.9. The van der Waals surface area contributed by atoms with Crippen LogP contribution in [0.4, 0.5) is 0 Å². The monoisotopic (exact) mass is 287 g/mol. The molecular weight excluding hydrogens is 270 g/mol. The average molecular weight is 287 g/mol. The Kier molecular flexibility index (Phi) is 3.61. The number of hydrogen-bond acceptors (Lipinski definition) is 4. The molecule has 0 bridgehead atoms. The van der Waals surface area contributed by atoms with Gasteiger partial charge in [0.2, 0.25) is 0 Å². The Labute approximate surface area is 112 Å². The number of nitrogens with two attached hydrogens (primary N) is 1. The van der Waals surface area contributed by atoms with Crippen LogP contribution in [0.15, 0.2) is 6.07 Å². The molecule has 0 radical (unpaired) electrons. The van der Waals surface area contributed by atoms with Crippen LogP contribution in [0, 0.1) is 6.92 Å². The zero-order valence-corrected chi connectivity index (χ0v) is 11.7. The lowest BCUT2D eigenvalue weighted by Gasteiger charge is -2.32. The van der Waals surface area contributed by atoms with Gasteiger partial charge in [-0.1, -0.05) is 0 Å². The molecule has 106 valence electrons. The van der Waals surface area contributed by atoms with Crippen LogP contribution < -0.4 is 5.14 Å². The van der Waals surface area contributed by atoms with E-state index >= 15 is 0 Å². The molecule has 0 aromatic carbocycles. The van der Waals surface area contributed by atoms with Crippen molar-refractivity contribution in [1.82, 2.24) is 19.0 Å². The van der Waals surface area contributed by atoms with Crippen molar-refractivity contribution >= 4 is 16.1 Å². The predicted octanol–water partition coefficient (Wildman–Crippen LogP) is -1.31. The van der Waals surface area contributed by atoms with E-state index in [-0.39, 0.29) is 19.0 Å². The summed E-state index contributed by atoms with van der Waals surface area (Å²) in [5, 5.41) is 9.17. The summed E-state index contributed by atoms with van der Waals surface area (Å²) in [6.45, 7) is 2.93. The number of aromatic nitrogens is 2. The summed E-state index contributed by atoms with van der Waals surface area (Å²) in [6, 6.07) is 1.72. The first kappa shape index (κ1) is 14.0. The third-order valence-corrected chi connectivity index (χ3v) is 4.19. The second kappa shape index (κ2) is 4.91. The van der Waals surface area contributed by atoms with Gasteiger partial charge in [-0.25, -0.2) is 5.14 Å². The molecule has 1 fully saturated rings. The van der Waals surface area contributed by atoms with Gasteiger partial charge in [-0.15, -0.1) is 0 Å². The van der Waals surface area contributed by atoms with Crippen molar-refractivity contribution in [3.63, 3.8) is 0 Å². The van der Waals surface area contributed by atoms with Crippen LogP contribution in [0.3, 0.4) is 0 Å². The Morgan fingerprint density at radius 3 is 2.32 bits per heavy atom. The van der Waals surface area contributed by atoms with Gasteiger partial charge in [0.1, 0.15) is 5.69 Å². The Hall–Kier alpha value is -1.45. The molecular formula is C10H17N5O3S. The lowest BCUT2D eigenvalue weighted by Crippen LogP contribution is -2.52. The largest absolute Gasteiger partial charge is 0.335 e. The van der Waals surface area contributed by atoms with Crippen LogP contribution in [-0.2, 0) is 17.3 Å². The summed E-state index contributed by atoms with van der Waals surface area (Å²) < 4.78 is 25.1. The SMILES string of the molecule is Cc1cc(C(=O)N2CCN(S(N)(=O)=O)CC2)n(C)n1. The van der Waals surface area contributed by atoms with Gasteiger partial charge < -0.3 is 4.90 Å². The summed E-state index contributed by atoms with van der Waals surface area (Å²) in [5.41, 5.74) is 1.27. The van der Waals surface area contributed by atoms with E-state index < -0.39 is 10.2 Å². The zero-order valence-electron chi connectivity index (χ0n) is 10.9. The third kappa shape index (κ3) is 2.94. The van der Waals surface area contributed by atoms with Crippen LogP contribution >= 0.6 is 0 Å². The van der Waals surface area contributed by atoms with Gasteiger partial charge in [-0.3, -0.25) is 9.48 Å². The highest BCUT2D eigenvalue weighted by Crippen LogP contribution is 2.10. The van der Waals surface area contributed by atoms with E-state index in [4.69, 9.17) is 5.14 Å². The molecule has 2 heterocycles. The van der Waals surface area contributed by atoms with Gasteiger partial charge >= 0.3 is 0 Å². The van der Waals surface area contributed by atoms with Crippen molar-refractivity contribution in [3.05, 3.63) is 17.5 Å².